The zero-order valence-corrected chi connectivity index (χ0v) is 13.2. The van der Waals surface area contributed by atoms with Gasteiger partial charge in [-0.25, -0.2) is 0 Å². The summed E-state index contributed by atoms with van der Waals surface area (Å²) in [7, 11) is 0. The van der Waals surface area contributed by atoms with Crippen molar-refractivity contribution in [1.29, 1.82) is 0 Å². The number of benzene rings is 1. The van der Waals surface area contributed by atoms with E-state index in [1.807, 2.05) is 48.7 Å². The second-order valence-electron chi connectivity index (χ2n) is 5.44. The lowest BCUT2D eigenvalue weighted by atomic mass is 10.2. The van der Waals surface area contributed by atoms with Crippen molar-refractivity contribution in [3.05, 3.63) is 72.8 Å². The van der Waals surface area contributed by atoms with E-state index in [1.54, 1.807) is 23.3 Å². The van der Waals surface area contributed by atoms with Crippen LogP contribution in [0.3, 0.4) is 0 Å². The van der Waals surface area contributed by atoms with Gasteiger partial charge in [0.1, 0.15) is 12.4 Å². The molecule has 2 N–H and O–H groups in total. The lowest BCUT2D eigenvalue weighted by molar-refractivity contribution is 0.161. The molecule has 1 unspecified atom stereocenters. The molecule has 3 rings (SSSR count). The highest BCUT2D eigenvalue weighted by Crippen LogP contribution is 2.18. The number of nitrogens with zero attached hydrogens (tertiary/aromatic N) is 3. The van der Waals surface area contributed by atoms with Gasteiger partial charge in [-0.3, -0.25) is 9.67 Å². The third kappa shape index (κ3) is 4.82. The van der Waals surface area contributed by atoms with Gasteiger partial charge in [0.2, 0.25) is 0 Å². The number of ether oxygens (including phenoxy) is 1. The molecule has 2 heterocycles. The molecule has 2 aromatic heterocycles. The molecule has 0 bridgehead atoms. The van der Waals surface area contributed by atoms with Crippen molar-refractivity contribution in [2.75, 3.05) is 11.9 Å². The predicted molar refractivity (Wildman–Crippen MR) is 91.7 cm³/mol. The van der Waals surface area contributed by atoms with Gasteiger partial charge in [-0.1, -0.05) is 12.1 Å². The van der Waals surface area contributed by atoms with Gasteiger partial charge >= 0.3 is 0 Å². The van der Waals surface area contributed by atoms with Gasteiger partial charge in [-0.2, -0.15) is 5.10 Å². The number of aliphatic hydroxyl groups excluding tert-OH is 1. The first-order valence-corrected chi connectivity index (χ1v) is 7.81. The summed E-state index contributed by atoms with van der Waals surface area (Å²) in [5, 5.41) is 17.3. The molecule has 0 saturated heterocycles. The van der Waals surface area contributed by atoms with Crippen LogP contribution in [-0.4, -0.2) is 32.5 Å². The van der Waals surface area contributed by atoms with Crippen LogP contribution in [0.2, 0.25) is 0 Å². The Morgan fingerprint density at radius 1 is 1.17 bits per heavy atom. The molecule has 124 valence electrons. The van der Waals surface area contributed by atoms with Gasteiger partial charge in [0.25, 0.3) is 0 Å². The number of aromatic nitrogens is 3. The summed E-state index contributed by atoms with van der Waals surface area (Å²) in [5.41, 5.74) is 1.92. The van der Waals surface area contributed by atoms with Crippen molar-refractivity contribution in [1.82, 2.24) is 14.8 Å². The van der Waals surface area contributed by atoms with Crippen molar-refractivity contribution in [3.63, 3.8) is 0 Å². The van der Waals surface area contributed by atoms with Crippen LogP contribution in [0.4, 0.5) is 5.69 Å². The lowest BCUT2D eigenvalue weighted by Gasteiger charge is -2.14. The van der Waals surface area contributed by atoms with Crippen LogP contribution in [0.15, 0.2) is 67.3 Å². The highest BCUT2D eigenvalue weighted by atomic mass is 16.5. The third-order valence-corrected chi connectivity index (χ3v) is 3.46. The fraction of sp³-hybridized carbons (Fsp3) is 0.222. The summed E-state index contributed by atoms with van der Waals surface area (Å²) in [4.78, 5) is 4.07. The van der Waals surface area contributed by atoms with Crippen LogP contribution < -0.4 is 10.1 Å². The smallest absolute Gasteiger partial charge is 0.121 e. The van der Waals surface area contributed by atoms with E-state index in [0.717, 1.165) is 17.0 Å². The molecule has 0 amide bonds. The number of hydrogen-bond donors (Lipinski definition) is 2. The minimum absolute atomic E-state index is 0.436. The third-order valence-electron chi connectivity index (χ3n) is 3.46. The SMILES string of the molecule is OC(CNc1cccc(OCc2cccnc2)c1)Cn1cccn1. The Hall–Kier alpha value is -2.86. The maximum absolute atomic E-state index is 10.0. The quantitative estimate of drug-likeness (QED) is 0.665. The minimum Gasteiger partial charge on any atom is -0.489 e. The molecular weight excluding hydrogens is 304 g/mol. The molecule has 6 nitrogen and oxygen atoms in total. The van der Waals surface area contributed by atoms with E-state index in [0.29, 0.717) is 19.7 Å². The number of aliphatic hydroxyl groups is 1. The molecule has 0 aliphatic rings. The highest BCUT2D eigenvalue weighted by molar-refractivity contribution is 5.48. The summed E-state index contributed by atoms with van der Waals surface area (Å²) in [6.45, 7) is 1.36. The first kappa shape index (κ1) is 16.0. The maximum Gasteiger partial charge on any atom is 0.121 e. The van der Waals surface area contributed by atoms with E-state index in [-0.39, 0.29) is 0 Å². The average Bonchev–Trinajstić information content (AvgIpc) is 3.12. The van der Waals surface area contributed by atoms with E-state index in [2.05, 4.69) is 15.4 Å². The summed E-state index contributed by atoms with van der Waals surface area (Å²) in [5.74, 6) is 0.769. The van der Waals surface area contributed by atoms with Gasteiger partial charge < -0.3 is 15.2 Å². The van der Waals surface area contributed by atoms with Gasteiger partial charge in [-0.15, -0.1) is 0 Å². The van der Waals surface area contributed by atoms with Crippen LogP contribution >= 0.6 is 0 Å². The first-order chi connectivity index (χ1) is 11.8. The van der Waals surface area contributed by atoms with E-state index in [1.165, 1.54) is 0 Å². The van der Waals surface area contributed by atoms with E-state index < -0.39 is 6.10 Å². The predicted octanol–water partition coefficient (Wildman–Crippen LogP) is 2.33. The zero-order valence-electron chi connectivity index (χ0n) is 13.2. The van der Waals surface area contributed by atoms with Crippen LogP contribution in [0.25, 0.3) is 0 Å². The first-order valence-electron chi connectivity index (χ1n) is 7.81. The summed E-state index contributed by atoms with van der Waals surface area (Å²) < 4.78 is 7.48. The second-order valence-corrected chi connectivity index (χ2v) is 5.44. The fourth-order valence-corrected chi connectivity index (χ4v) is 2.27. The molecule has 0 saturated carbocycles. The molecule has 1 aromatic carbocycles. The molecule has 6 heteroatoms. The normalized spacial score (nSPS) is 11.9. The molecule has 1 atom stereocenters. The van der Waals surface area contributed by atoms with Gasteiger partial charge in [0.05, 0.1) is 12.6 Å². The van der Waals surface area contributed by atoms with E-state index in [9.17, 15) is 5.11 Å². The van der Waals surface area contributed by atoms with Gasteiger partial charge in [0, 0.05) is 48.6 Å². The van der Waals surface area contributed by atoms with Crippen LogP contribution in [0.1, 0.15) is 5.56 Å². The number of hydrogen-bond acceptors (Lipinski definition) is 5. The second kappa shape index (κ2) is 8.12. The molecule has 3 aromatic rings. The maximum atomic E-state index is 10.0. The van der Waals surface area contributed by atoms with Crippen LogP contribution in [-0.2, 0) is 13.2 Å². The average molecular weight is 324 g/mol. The van der Waals surface area contributed by atoms with Crippen LogP contribution in [0, 0.1) is 0 Å². The van der Waals surface area contributed by atoms with Crippen molar-refractivity contribution in [2.24, 2.45) is 0 Å². The molecule has 0 fully saturated rings. The molecule has 0 aliphatic carbocycles. The minimum atomic E-state index is -0.523. The highest BCUT2D eigenvalue weighted by Gasteiger charge is 2.06. The Labute approximate surface area is 140 Å². The van der Waals surface area contributed by atoms with Crippen molar-refractivity contribution >= 4 is 5.69 Å². The van der Waals surface area contributed by atoms with Crippen LogP contribution in [0.5, 0.6) is 5.75 Å². The Balaban J connectivity index is 1.49. The Morgan fingerprint density at radius 3 is 2.92 bits per heavy atom. The standard InChI is InChI=1S/C18H20N4O2/c23-17(13-22-9-3-8-21-22)12-20-16-5-1-6-18(10-16)24-14-15-4-2-7-19-11-15/h1-11,17,20,23H,12-14H2. The summed E-state index contributed by atoms with van der Waals surface area (Å²) in [6, 6.07) is 13.4. The van der Waals surface area contributed by atoms with Crippen molar-refractivity contribution < 1.29 is 9.84 Å². The fourth-order valence-electron chi connectivity index (χ4n) is 2.27. The topological polar surface area (TPSA) is 72.2 Å². The van der Waals surface area contributed by atoms with Gasteiger partial charge in [-0.05, 0) is 24.3 Å². The summed E-state index contributed by atoms with van der Waals surface area (Å²) >= 11 is 0. The molecular formula is C18H20N4O2. The Kier molecular flexibility index (Phi) is 5.42. The number of pyridine rings is 1. The number of rotatable bonds is 8. The molecule has 0 radical (unpaired) electrons. The lowest BCUT2D eigenvalue weighted by Crippen LogP contribution is -2.25. The molecule has 0 aliphatic heterocycles. The Bertz CT molecular complexity index is 732. The van der Waals surface area contributed by atoms with Crippen molar-refractivity contribution in [2.45, 2.75) is 19.3 Å². The van der Waals surface area contributed by atoms with E-state index >= 15 is 0 Å². The van der Waals surface area contributed by atoms with Gasteiger partial charge in [0.15, 0.2) is 0 Å². The molecule has 24 heavy (non-hydrogen) atoms. The largest absolute Gasteiger partial charge is 0.489 e. The number of nitrogens with one attached hydrogen (secondary N) is 1. The zero-order chi connectivity index (χ0) is 16.6. The summed E-state index contributed by atoms with van der Waals surface area (Å²) in [6.07, 6.45) is 6.53. The molecule has 0 spiro atoms. The Morgan fingerprint density at radius 2 is 2.12 bits per heavy atom. The number of anilines is 1. The monoisotopic (exact) mass is 324 g/mol. The van der Waals surface area contributed by atoms with Crippen molar-refractivity contribution in [3.8, 4) is 5.75 Å². The van der Waals surface area contributed by atoms with E-state index in [4.69, 9.17) is 4.74 Å².